The van der Waals surface area contributed by atoms with Crippen molar-refractivity contribution in [1.29, 1.82) is 0 Å². The van der Waals surface area contributed by atoms with Crippen LogP contribution < -0.4 is 5.32 Å². The Labute approximate surface area is 411 Å². The zero-order valence-electron chi connectivity index (χ0n) is 44.7. The molecule has 0 bridgehead atoms. The molecule has 8 nitrogen and oxygen atoms in total. The molecule has 1 amide bonds. The SMILES string of the molecule is CCCCC/C=C/C(O)C(COP(=O)(O)OCC[N+](C)(C)C)NC(=O)CCCCCCCCCCCCCCCCCCCCCCCCCCCCC/C=C\CCCCCCCCCC. The largest absolute Gasteiger partial charge is 0.472 e. The van der Waals surface area contributed by atoms with Crippen LogP contribution in [-0.2, 0) is 18.4 Å². The number of hydrogen-bond acceptors (Lipinski definition) is 5. The van der Waals surface area contributed by atoms with Crippen molar-refractivity contribution in [3.8, 4) is 0 Å². The highest BCUT2D eigenvalue weighted by Crippen LogP contribution is 2.43. The van der Waals surface area contributed by atoms with E-state index in [1.807, 2.05) is 27.2 Å². The van der Waals surface area contributed by atoms with Gasteiger partial charge in [-0.3, -0.25) is 13.8 Å². The van der Waals surface area contributed by atoms with Crippen LogP contribution in [0.15, 0.2) is 24.3 Å². The van der Waals surface area contributed by atoms with Gasteiger partial charge in [0, 0.05) is 6.42 Å². The van der Waals surface area contributed by atoms with E-state index in [0.29, 0.717) is 17.4 Å². The van der Waals surface area contributed by atoms with Crippen molar-refractivity contribution in [2.75, 3.05) is 40.9 Å². The summed E-state index contributed by atoms with van der Waals surface area (Å²) in [6.45, 7) is 4.72. The highest BCUT2D eigenvalue weighted by Gasteiger charge is 2.27. The first-order chi connectivity index (χ1) is 32.0. The Bertz CT molecular complexity index is 1130. The molecule has 3 atom stereocenters. The van der Waals surface area contributed by atoms with Crippen molar-refractivity contribution in [2.24, 2.45) is 0 Å². The molecular weight excluding hydrogens is 840 g/mol. The number of carbonyl (C=O) groups is 1. The second-order valence-corrected chi connectivity index (χ2v) is 22.5. The predicted molar refractivity (Wildman–Crippen MR) is 286 cm³/mol. The molecule has 0 aliphatic rings. The molecule has 0 aromatic carbocycles. The molecule has 0 rings (SSSR count). The topological polar surface area (TPSA) is 105 Å². The molecule has 0 spiro atoms. The minimum Gasteiger partial charge on any atom is -0.387 e. The fourth-order valence-electron chi connectivity index (χ4n) is 8.63. The maximum atomic E-state index is 12.8. The average molecular weight is 955 g/mol. The summed E-state index contributed by atoms with van der Waals surface area (Å²) in [6, 6.07) is -0.839. The molecule has 0 aromatic heterocycles. The van der Waals surface area contributed by atoms with Crippen LogP contribution in [0.25, 0.3) is 0 Å². The summed E-state index contributed by atoms with van der Waals surface area (Å²) in [7, 11) is 1.58. The fraction of sp³-hybridized carbons (Fsp3) is 0.912. The van der Waals surface area contributed by atoms with Gasteiger partial charge in [0.05, 0.1) is 39.9 Å². The van der Waals surface area contributed by atoms with Gasteiger partial charge in [0.1, 0.15) is 13.2 Å². The number of carbonyl (C=O) groups excluding carboxylic acids is 1. The first kappa shape index (κ1) is 65.0. The van der Waals surface area contributed by atoms with Crippen LogP contribution in [0.4, 0.5) is 0 Å². The quantitative estimate of drug-likeness (QED) is 0.0243. The van der Waals surface area contributed by atoms with Gasteiger partial charge in [-0.25, -0.2) is 4.57 Å². The number of likely N-dealkylation sites (N-methyl/N-ethyl adjacent to an activating group) is 1. The molecule has 392 valence electrons. The summed E-state index contributed by atoms with van der Waals surface area (Å²) in [5, 5.41) is 13.6. The van der Waals surface area contributed by atoms with Crippen LogP contribution in [0.3, 0.4) is 0 Å². The minimum absolute atomic E-state index is 0.0628. The second kappa shape index (κ2) is 49.0. The van der Waals surface area contributed by atoms with Gasteiger partial charge in [-0.2, -0.15) is 0 Å². The number of hydrogen-bond donors (Lipinski definition) is 3. The Morgan fingerprint density at radius 1 is 0.500 bits per heavy atom. The van der Waals surface area contributed by atoms with Gasteiger partial charge in [0.15, 0.2) is 0 Å². The highest BCUT2D eigenvalue weighted by molar-refractivity contribution is 7.47. The van der Waals surface area contributed by atoms with Crippen LogP contribution in [0.1, 0.15) is 284 Å². The summed E-state index contributed by atoms with van der Waals surface area (Å²) in [4.78, 5) is 23.0. The van der Waals surface area contributed by atoms with Crippen LogP contribution in [0.2, 0.25) is 0 Å². The fourth-order valence-corrected chi connectivity index (χ4v) is 9.36. The van der Waals surface area contributed by atoms with Crippen molar-refractivity contribution in [1.82, 2.24) is 5.32 Å². The predicted octanol–water partition coefficient (Wildman–Crippen LogP) is 17.2. The lowest BCUT2D eigenvalue weighted by molar-refractivity contribution is -0.870. The normalized spacial score (nSPS) is 14.1. The molecule has 9 heteroatoms. The average Bonchev–Trinajstić information content (AvgIpc) is 3.27. The van der Waals surface area contributed by atoms with Crippen LogP contribution in [0, 0.1) is 0 Å². The molecule has 3 N–H and O–H groups in total. The number of allylic oxidation sites excluding steroid dienone is 3. The number of nitrogens with zero attached hydrogens (tertiary/aromatic N) is 1. The molecule has 0 aromatic rings. The Morgan fingerprint density at radius 2 is 0.818 bits per heavy atom. The van der Waals surface area contributed by atoms with Crippen molar-refractivity contribution in [3.63, 3.8) is 0 Å². The molecule has 66 heavy (non-hydrogen) atoms. The first-order valence-electron chi connectivity index (χ1n) is 28.7. The highest BCUT2D eigenvalue weighted by atomic mass is 31.2. The van der Waals surface area contributed by atoms with Gasteiger partial charge in [-0.15, -0.1) is 0 Å². The van der Waals surface area contributed by atoms with E-state index in [0.717, 1.165) is 44.9 Å². The summed E-state index contributed by atoms with van der Waals surface area (Å²) >= 11 is 0. The third kappa shape index (κ3) is 50.8. The molecule has 0 aliphatic heterocycles. The standard InChI is InChI=1S/C57H113N2O6P/c1-6-8-10-12-13-14-15-16-17-18-19-20-21-22-23-24-25-26-27-28-29-30-31-32-33-34-35-36-37-38-39-40-41-42-43-44-45-47-49-51-57(61)58-55(56(60)50-48-46-11-9-7-2)54-65-66(62,63)64-53-52-59(3,4)5/h18-19,48,50,55-56,60H,6-17,20-47,49,51-54H2,1-5H3,(H-,58,61,62,63)/p+1/b19-18-,50-48+. The van der Waals surface area contributed by atoms with Crippen LogP contribution >= 0.6 is 7.82 Å². The molecule has 3 unspecified atom stereocenters. The number of rotatable bonds is 53. The summed E-state index contributed by atoms with van der Waals surface area (Å²) in [6.07, 6.45) is 62.3. The van der Waals surface area contributed by atoms with Crippen molar-refractivity contribution < 1.29 is 32.9 Å². The number of quaternary nitrogens is 1. The second-order valence-electron chi connectivity index (χ2n) is 21.0. The molecular formula is C57H114N2O6P+. The van der Waals surface area contributed by atoms with Gasteiger partial charge in [-0.1, -0.05) is 256 Å². The number of phosphoric acid groups is 1. The lowest BCUT2D eigenvalue weighted by atomic mass is 10.0. The lowest BCUT2D eigenvalue weighted by Gasteiger charge is -2.25. The molecule has 0 aliphatic carbocycles. The van der Waals surface area contributed by atoms with Crippen molar-refractivity contribution >= 4 is 13.7 Å². The van der Waals surface area contributed by atoms with E-state index in [2.05, 4.69) is 31.3 Å². The maximum Gasteiger partial charge on any atom is 0.472 e. The van der Waals surface area contributed by atoms with Gasteiger partial charge in [0.25, 0.3) is 0 Å². The molecule has 0 radical (unpaired) electrons. The number of phosphoric ester groups is 1. The zero-order valence-corrected chi connectivity index (χ0v) is 45.6. The van der Waals surface area contributed by atoms with Gasteiger partial charge in [-0.05, 0) is 44.9 Å². The van der Waals surface area contributed by atoms with Gasteiger partial charge < -0.3 is 19.8 Å². The Hall–Kier alpha value is -1.02. The van der Waals surface area contributed by atoms with E-state index in [4.69, 9.17) is 9.05 Å². The lowest BCUT2D eigenvalue weighted by Crippen LogP contribution is -2.45. The first-order valence-corrected chi connectivity index (χ1v) is 30.2. The van der Waals surface area contributed by atoms with E-state index < -0.39 is 20.0 Å². The third-order valence-electron chi connectivity index (χ3n) is 13.2. The molecule has 0 heterocycles. The monoisotopic (exact) mass is 954 g/mol. The number of aliphatic hydroxyl groups is 1. The van der Waals surface area contributed by atoms with Crippen molar-refractivity contribution in [2.45, 2.75) is 296 Å². The maximum absolute atomic E-state index is 12.8. The Balaban J connectivity index is 3.64. The zero-order chi connectivity index (χ0) is 48.5. The van der Waals surface area contributed by atoms with E-state index in [1.54, 1.807) is 6.08 Å². The summed E-state index contributed by atoms with van der Waals surface area (Å²) in [5.74, 6) is -0.179. The van der Waals surface area contributed by atoms with E-state index in [9.17, 15) is 19.4 Å². The molecule has 0 saturated carbocycles. The van der Waals surface area contributed by atoms with E-state index in [1.165, 1.54) is 218 Å². The third-order valence-corrected chi connectivity index (χ3v) is 14.1. The van der Waals surface area contributed by atoms with Crippen LogP contribution in [-0.4, -0.2) is 73.4 Å². The number of aliphatic hydroxyl groups excluding tert-OH is 1. The Morgan fingerprint density at radius 3 is 1.20 bits per heavy atom. The number of unbranched alkanes of at least 4 members (excludes halogenated alkanes) is 38. The molecule has 0 fully saturated rings. The molecule has 0 saturated heterocycles. The van der Waals surface area contributed by atoms with Crippen LogP contribution in [0.5, 0.6) is 0 Å². The number of nitrogens with one attached hydrogen (secondary N) is 1. The Kier molecular flexibility index (Phi) is 48.2. The summed E-state index contributed by atoms with van der Waals surface area (Å²) < 4.78 is 23.4. The minimum atomic E-state index is -4.32. The van der Waals surface area contributed by atoms with E-state index >= 15 is 0 Å². The van der Waals surface area contributed by atoms with Gasteiger partial charge >= 0.3 is 7.82 Å². The van der Waals surface area contributed by atoms with Gasteiger partial charge in [0.2, 0.25) is 5.91 Å². The van der Waals surface area contributed by atoms with Crippen molar-refractivity contribution in [3.05, 3.63) is 24.3 Å². The summed E-state index contributed by atoms with van der Waals surface area (Å²) in [5.41, 5.74) is 0. The smallest absolute Gasteiger partial charge is 0.387 e. The number of amides is 1. The van der Waals surface area contributed by atoms with E-state index in [-0.39, 0.29) is 19.1 Å².